The predicted molar refractivity (Wildman–Crippen MR) is 87.3 cm³/mol. The van der Waals surface area contributed by atoms with Crippen LogP contribution in [0.15, 0.2) is 18.2 Å². The van der Waals surface area contributed by atoms with Gasteiger partial charge in [0.1, 0.15) is 0 Å². The molecule has 24 heavy (non-hydrogen) atoms. The van der Waals surface area contributed by atoms with Crippen molar-refractivity contribution in [3.63, 3.8) is 0 Å². The van der Waals surface area contributed by atoms with E-state index in [2.05, 4.69) is 4.72 Å². The van der Waals surface area contributed by atoms with E-state index in [1.54, 1.807) is 6.07 Å². The SMILES string of the molecule is COc1ccc(C(NS(=O)(=O)N2CCCC2)C2CC(O)C2)cc1F. The number of rotatable bonds is 6. The van der Waals surface area contributed by atoms with Crippen molar-refractivity contribution >= 4 is 10.2 Å². The molecule has 1 aliphatic carbocycles. The third-order valence-electron chi connectivity index (χ3n) is 4.84. The fraction of sp³-hybridized carbons (Fsp3) is 0.625. The molecule has 8 heteroatoms. The van der Waals surface area contributed by atoms with Gasteiger partial charge in [-0.15, -0.1) is 0 Å². The molecule has 1 heterocycles. The first kappa shape index (κ1) is 17.6. The maximum atomic E-state index is 14.0. The average molecular weight is 358 g/mol. The van der Waals surface area contributed by atoms with Gasteiger partial charge in [0.25, 0.3) is 10.2 Å². The number of aliphatic hydroxyl groups is 1. The highest BCUT2D eigenvalue weighted by atomic mass is 32.2. The smallest absolute Gasteiger partial charge is 0.280 e. The molecule has 1 atom stereocenters. The Morgan fingerprint density at radius 1 is 1.33 bits per heavy atom. The number of hydrogen-bond acceptors (Lipinski definition) is 4. The zero-order valence-electron chi connectivity index (χ0n) is 13.6. The molecule has 1 saturated heterocycles. The summed E-state index contributed by atoms with van der Waals surface area (Å²) in [5, 5.41) is 9.58. The second kappa shape index (κ2) is 6.95. The van der Waals surface area contributed by atoms with E-state index < -0.39 is 28.2 Å². The van der Waals surface area contributed by atoms with Crippen LogP contribution in [0.25, 0.3) is 0 Å². The molecule has 2 fully saturated rings. The van der Waals surface area contributed by atoms with Gasteiger partial charge in [0.2, 0.25) is 0 Å². The molecular weight excluding hydrogens is 335 g/mol. The minimum absolute atomic E-state index is 0.0508. The van der Waals surface area contributed by atoms with Crippen LogP contribution in [0.1, 0.15) is 37.3 Å². The van der Waals surface area contributed by atoms with Crippen LogP contribution in [0.4, 0.5) is 4.39 Å². The van der Waals surface area contributed by atoms with Crippen molar-refractivity contribution in [3.8, 4) is 5.75 Å². The first-order chi connectivity index (χ1) is 11.4. The summed E-state index contributed by atoms with van der Waals surface area (Å²) in [6.45, 7) is 1.01. The maximum Gasteiger partial charge on any atom is 0.280 e. The summed E-state index contributed by atoms with van der Waals surface area (Å²) in [5.41, 5.74) is 0.549. The summed E-state index contributed by atoms with van der Waals surface area (Å²) in [6.07, 6.45) is 2.29. The van der Waals surface area contributed by atoms with Crippen LogP contribution in [-0.4, -0.2) is 44.1 Å². The van der Waals surface area contributed by atoms with E-state index in [4.69, 9.17) is 4.74 Å². The van der Waals surface area contributed by atoms with E-state index in [1.165, 1.54) is 23.5 Å². The molecule has 134 valence electrons. The van der Waals surface area contributed by atoms with Crippen molar-refractivity contribution in [2.45, 2.75) is 37.8 Å². The highest BCUT2D eigenvalue weighted by Crippen LogP contribution is 2.39. The largest absolute Gasteiger partial charge is 0.494 e. The Bertz CT molecular complexity index is 685. The number of hydrogen-bond donors (Lipinski definition) is 2. The topological polar surface area (TPSA) is 78.9 Å². The van der Waals surface area contributed by atoms with Gasteiger partial charge < -0.3 is 9.84 Å². The Kier molecular flexibility index (Phi) is 5.10. The number of nitrogens with zero attached hydrogens (tertiary/aromatic N) is 1. The summed E-state index contributed by atoms with van der Waals surface area (Å²) in [5.74, 6) is -0.459. The van der Waals surface area contributed by atoms with Crippen LogP contribution in [0.5, 0.6) is 5.75 Å². The number of ether oxygens (including phenoxy) is 1. The summed E-state index contributed by atoms with van der Waals surface area (Å²) in [4.78, 5) is 0. The third-order valence-corrected chi connectivity index (χ3v) is 6.43. The molecule has 0 aromatic heterocycles. The molecule has 1 aliphatic heterocycles. The van der Waals surface area contributed by atoms with Crippen LogP contribution in [0.3, 0.4) is 0 Å². The van der Waals surface area contributed by atoms with Gasteiger partial charge in [0, 0.05) is 13.1 Å². The first-order valence-electron chi connectivity index (χ1n) is 8.19. The second-order valence-corrected chi connectivity index (χ2v) is 8.19. The van der Waals surface area contributed by atoms with Crippen LogP contribution >= 0.6 is 0 Å². The van der Waals surface area contributed by atoms with Crippen LogP contribution in [0.2, 0.25) is 0 Å². The van der Waals surface area contributed by atoms with E-state index in [9.17, 15) is 17.9 Å². The summed E-state index contributed by atoms with van der Waals surface area (Å²) >= 11 is 0. The van der Waals surface area contributed by atoms with E-state index >= 15 is 0 Å². The molecule has 2 aliphatic rings. The second-order valence-electron chi connectivity index (χ2n) is 6.49. The standard InChI is InChI=1S/C16H23FN2O4S/c1-23-15-5-4-11(10-14(15)17)16(12-8-13(20)9-12)18-24(21,22)19-6-2-3-7-19/h4-5,10,12-13,16,18,20H,2-3,6-9H2,1H3. The molecule has 6 nitrogen and oxygen atoms in total. The zero-order valence-corrected chi connectivity index (χ0v) is 14.4. The minimum atomic E-state index is -3.63. The number of methoxy groups -OCH3 is 1. The van der Waals surface area contributed by atoms with E-state index in [1.807, 2.05) is 0 Å². The van der Waals surface area contributed by atoms with Gasteiger partial charge in [0.15, 0.2) is 11.6 Å². The lowest BCUT2D eigenvalue weighted by Crippen LogP contribution is -2.46. The fourth-order valence-electron chi connectivity index (χ4n) is 3.38. The van der Waals surface area contributed by atoms with Crippen molar-refractivity contribution in [2.75, 3.05) is 20.2 Å². The molecule has 1 aromatic rings. The van der Waals surface area contributed by atoms with Crippen LogP contribution in [0, 0.1) is 11.7 Å². The Morgan fingerprint density at radius 3 is 2.54 bits per heavy atom. The molecule has 0 bridgehead atoms. The fourth-order valence-corrected chi connectivity index (χ4v) is 4.92. The number of halogens is 1. The molecule has 0 spiro atoms. The normalized spacial score (nSPS) is 26.1. The van der Waals surface area contributed by atoms with Gasteiger partial charge in [0.05, 0.1) is 19.3 Å². The Morgan fingerprint density at radius 2 is 2.00 bits per heavy atom. The number of benzene rings is 1. The average Bonchev–Trinajstić information content (AvgIpc) is 3.05. The van der Waals surface area contributed by atoms with Crippen LogP contribution in [-0.2, 0) is 10.2 Å². The number of aliphatic hydroxyl groups excluding tert-OH is 1. The molecule has 1 unspecified atom stereocenters. The van der Waals surface area contributed by atoms with Gasteiger partial charge in [-0.2, -0.15) is 17.4 Å². The zero-order chi connectivity index (χ0) is 17.3. The van der Waals surface area contributed by atoms with Crippen LogP contribution < -0.4 is 9.46 Å². The Hall–Kier alpha value is -1.22. The quantitative estimate of drug-likeness (QED) is 0.809. The van der Waals surface area contributed by atoms with Gasteiger partial charge in [-0.25, -0.2) is 4.39 Å². The van der Waals surface area contributed by atoms with Crippen molar-refractivity contribution in [3.05, 3.63) is 29.6 Å². The van der Waals surface area contributed by atoms with E-state index in [-0.39, 0.29) is 11.7 Å². The first-order valence-corrected chi connectivity index (χ1v) is 9.63. The number of nitrogens with one attached hydrogen (secondary N) is 1. The summed E-state index contributed by atoms with van der Waals surface area (Å²) < 4.78 is 48.3. The lowest BCUT2D eigenvalue weighted by atomic mass is 9.75. The maximum absolute atomic E-state index is 14.0. The highest BCUT2D eigenvalue weighted by Gasteiger charge is 2.38. The lowest BCUT2D eigenvalue weighted by Gasteiger charge is -2.38. The third kappa shape index (κ3) is 3.56. The Labute approximate surface area is 141 Å². The molecule has 0 amide bonds. The van der Waals surface area contributed by atoms with E-state index in [0.29, 0.717) is 31.5 Å². The van der Waals surface area contributed by atoms with Gasteiger partial charge in [-0.05, 0) is 49.3 Å². The highest BCUT2D eigenvalue weighted by molar-refractivity contribution is 7.87. The molecular formula is C16H23FN2O4S. The monoisotopic (exact) mass is 358 g/mol. The molecule has 1 aromatic carbocycles. The Balaban J connectivity index is 1.85. The van der Waals surface area contributed by atoms with E-state index in [0.717, 1.165) is 12.8 Å². The summed E-state index contributed by atoms with van der Waals surface area (Å²) in [7, 11) is -2.24. The predicted octanol–water partition coefficient (Wildman–Crippen LogP) is 1.58. The lowest BCUT2D eigenvalue weighted by molar-refractivity contribution is 0.0277. The molecule has 0 radical (unpaired) electrons. The van der Waals surface area contributed by atoms with Crippen molar-refractivity contribution < 1.29 is 22.7 Å². The van der Waals surface area contributed by atoms with Gasteiger partial charge >= 0.3 is 0 Å². The van der Waals surface area contributed by atoms with Gasteiger partial charge in [-0.1, -0.05) is 6.07 Å². The van der Waals surface area contributed by atoms with Crippen molar-refractivity contribution in [1.82, 2.24) is 9.03 Å². The molecule has 1 saturated carbocycles. The molecule has 2 N–H and O–H groups in total. The molecule has 3 rings (SSSR count). The van der Waals surface area contributed by atoms with Crippen molar-refractivity contribution in [1.29, 1.82) is 0 Å². The van der Waals surface area contributed by atoms with Crippen molar-refractivity contribution in [2.24, 2.45) is 5.92 Å². The van der Waals surface area contributed by atoms with Gasteiger partial charge in [-0.3, -0.25) is 0 Å². The summed E-state index contributed by atoms with van der Waals surface area (Å²) in [6, 6.07) is 3.92. The minimum Gasteiger partial charge on any atom is -0.494 e.